The normalized spacial score (nSPS) is 14.2. The van der Waals surface area contributed by atoms with E-state index < -0.39 is 0 Å². The number of aromatic nitrogens is 3. The summed E-state index contributed by atoms with van der Waals surface area (Å²) in [6, 6.07) is 8.49. The van der Waals surface area contributed by atoms with Crippen LogP contribution in [0.5, 0.6) is 0 Å². The zero-order valence-corrected chi connectivity index (χ0v) is 14.5. The molecule has 0 fully saturated rings. The van der Waals surface area contributed by atoms with Gasteiger partial charge in [0.05, 0.1) is 19.9 Å². The van der Waals surface area contributed by atoms with E-state index in [4.69, 9.17) is 0 Å². The monoisotopic (exact) mass is 342 g/mol. The first-order valence-electron chi connectivity index (χ1n) is 8.18. The summed E-state index contributed by atoms with van der Waals surface area (Å²) in [4.78, 5) is 17.9. The topological polar surface area (TPSA) is 84.6 Å². The van der Waals surface area contributed by atoms with Gasteiger partial charge in [0, 0.05) is 20.1 Å². The molecule has 1 N–H and O–H groups in total. The van der Waals surface area contributed by atoms with E-state index in [1.807, 2.05) is 0 Å². The van der Waals surface area contributed by atoms with Gasteiger partial charge in [-0.2, -0.15) is 0 Å². The van der Waals surface area contributed by atoms with Crippen LogP contribution in [-0.2, 0) is 35.6 Å². The second-order valence-electron chi connectivity index (χ2n) is 5.82. The number of nitrogens with one attached hydrogen (secondary N) is 1. The number of esters is 1. The minimum atomic E-state index is -0.354. The highest BCUT2D eigenvalue weighted by Gasteiger charge is 2.18. The Bertz CT molecular complexity index is 770. The van der Waals surface area contributed by atoms with Crippen molar-refractivity contribution in [1.82, 2.24) is 25.2 Å². The Labute approximate surface area is 146 Å². The molecular weight excluding hydrogens is 320 g/mol. The lowest BCUT2D eigenvalue weighted by Crippen LogP contribution is -2.43. The molecule has 0 aliphatic carbocycles. The van der Waals surface area contributed by atoms with E-state index in [0.717, 1.165) is 31.2 Å². The van der Waals surface area contributed by atoms with Crippen molar-refractivity contribution in [2.24, 2.45) is 4.99 Å². The minimum absolute atomic E-state index is 0.0567. The number of methoxy groups -OCH3 is 1. The van der Waals surface area contributed by atoms with Gasteiger partial charge in [-0.25, -0.2) is 4.68 Å². The molecule has 1 aliphatic heterocycles. The Morgan fingerprint density at radius 3 is 2.92 bits per heavy atom. The average Bonchev–Trinajstić information content (AvgIpc) is 3.09. The summed E-state index contributed by atoms with van der Waals surface area (Å²) >= 11 is 0. The van der Waals surface area contributed by atoms with Gasteiger partial charge in [0.15, 0.2) is 5.96 Å². The molecule has 0 amide bonds. The first-order valence-corrected chi connectivity index (χ1v) is 8.18. The molecule has 0 bridgehead atoms. The van der Waals surface area contributed by atoms with Crippen LogP contribution in [0.1, 0.15) is 16.8 Å². The summed E-state index contributed by atoms with van der Waals surface area (Å²) < 4.78 is 6.08. The Hall–Kier alpha value is -2.90. The fourth-order valence-electron chi connectivity index (χ4n) is 2.87. The Morgan fingerprint density at radius 1 is 1.36 bits per heavy atom. The molecule has 0 saturated carbocycles. The smallest absolute Gasteiger partial charge is 0.327 e. The van der Waals surface area contributed by atoms with Gasteiger partial charge in [0.2, 0.25) is 0 Å². The van der Waals surface area contributed by atoms with Crippen molar-refractivity contribution in [1.29, 1.82) is 0 Å². The van der Waals surface area contributed by atoms with Gasteiger partial charge in [-0.05, 0) is 17.5 Å². The molecule has 0 spiro atoms. The summed E-state index contributed by atoms with van der Waals surface area (Å²) in [5.74, 6) is 0.476. The van der Waals surface area contributed by atoms with Crippen LogP contribution in [-0.4, -0.2) is 52.5 Å². The van der Waals surface area contributed by atoms with Crippen molar-refractivity contribution in [3.63, 3.8) is 0 Å². The number of aliphatic imine (C=N–C) groups is 1. The molecule has 8 nitrogen and oxygen atoms in total. The molecular formula is C17H22N6O2. The SMILES string of the molecule is CN=C(NCc1cn(CC(=O)OC)nn1)N1CCc2ccccc2C1. The lowest BCUT2D eigenvalue weighted by atomic mass is 10.0. The molecule has 8 heteroatoms. The van der Waals surface area contributed by atoms with Crippen LogP contribution < -0.4 is 5.32 Å². The number of ether oxygens (including phenoxy) is 1. The summed E-state index contributed by atoms with van der Waals surface area (Å²) in [7, 11) is 3.12. The van der Waals surface area contributed by atoms with Crippen LogP contribution in [0.25, 0.3) is 0 Å². The number of fused-ring (bicyclic) bond motifs is 1. The van der Waals surface area contributed by atoms with Gasteiger partial charge in [-0.1, -0.05) is 29.5 Å². The van der Waals surface area contributed by atoms with Gasteiger partial charge in [-0.3, -0.25) is 9.79 Å². The third-order valence-electron chi connectivity index (χ3n) is 4.17. The van der Waals surface area contributed by atoms with Crippen LogP contribution in [0.2, 0.25) is 0 Å². The molecule has 2 heterocycles. The second kappa shape index (κ2) is 7.78. The molecule has 132 valence electrons. The molecule has 0 atom stereocenters. The fourth-order valence-corrected chi connectivity index (χ4v) is 2.87. The highest BCUT2D eigenvalue weighted by atomic mass is 16.5. The second-order valence-corrected chi connectivity index (χ2v) is 5.82. The molecule has 1 aliphatic rings. The van der Waals surface area contributed by atoms with Crippen molar-refractivity contribution in [3.8, 4) is 0 Å². The number of hydrogen-bond donors (Lipinski definition) is 1. The van der Waals surface area contributed by atoms with Crippen molar-refractivity contribution in [3.05, 3.63) is 47.3 Å². The fraction of sp³-hybridized carbons (Fsp3) is 0.412. The number of rotatable bonds is 4. The summed E-state index contributed by atoms with van der Waals surface area (Å²) in [6.45, 7) is 2.31. The van der Waals surface area contributed by atoms with Crippen molar-refractivity contribution in [2.45, 2.75) is 26.1 Å². The maximum Gasteiger partial charge on any atom is 0.327 e. The molecule has 25 heavy (non-hydrogen) atoms. The maximum absolute atomic E-state index is 11.3. The Balaban J connectivity index is 1.58. The van der Waals surface area contributed by atoms with E-state index in [-0.39, 0.29) is 12.5 Å². The van der Waals surface area contributed by atoms with Crippen molar-refractivity contribution >= 4 is 11.9 Å². The van der Waals surface area contributed by atoms with E-state index in [1.165, 1.54) is 22.9 Å². The largest absolute Gasteiger partial charge is 0.468 e. The average molecular weight is 342 g/mol. The zero-order valence-electron chi connectivity index (χ0n) is 14.5. The minimum Gasteiger partial charge on any atom is -0.468 e. The van der Waals surface area contributed by atoms with Crippen LogP contribution in [0.3, 0.4) is 0 Å². The predicted molar refractivity (Wildman–Crippen MR) is 92.8 cm³/mol. The molecule has 0 saturated heterocycles. The first-order chi connectivity index (χ1) is 12.2. The first kappa shape index (κ1) is 16.9. The van der Waals surface area contributed by atoms with Crippen LogP contribution in [0.15, 0.2) is 35.5 Å². The van der Waals surface area contributed by atoms with Crippen LogP contribution >= 0.6 is 0 Å². The van der Waals surface area contributed by atoms with E-state index in [0.29, 0.717) is 6.54 Å². The molecule has 3 rings (SSSR count). The molecule has 2 aromatic rings. The molecule has 0 radical (unpaired) electrons. The van der Waals surface area contributed by atoms with Crippen molar-refractivity contribution < 1.29 is 9.53 Å². The number of guanidine groups is 1. The standard InChI is InChI=1S/C17H22N6O2/c1-18-17(22-8-7-13-5-3-4-6-14(13)10-22)19-9-15-11-23(21-20-15)12-16(24)25-2/h3-6,11H,7-10,12H2,1-2H3,(H,18,19). The number of nitrogens with zero attached hydrogens (tertiary/aromatic N) is 5. The van der Waals surface area contributed by atoms with Gasteiger partial charge in [0.1, 0.15) is 12.2 Å². The third kappa shape index (κ3) is 4.14. The Kier molecular flexibility index (Phi) is 5.27. The third-order valence-corrected chi connectivity index (χ3v) is 4.17. The Morgan fingerprint density at radius 2 is 2.16 bits per heavy atom. The highest BCUT2D eigenvalue weighted by Crippen LogP contribution is 2.18. The van der Waals surface area contributed by atoms with Crippen molar-refractivity contribution in [2.75, 3.05) is 20.7 Å². The maximum atomic E-state index is 11.3. The van der Waals surface area contributed by atoms with Gasteiger partial charge in [-0.15, -0.1) is 5.10 Å². The number of carbonyl (C=O) groups is 1. The van der Waals surface area contributed by atoms with Gasteiger partial charge < -0.3 is 15.0 Å². The zero-order chi connectivity index (χ0) is 17.6. The number of hydrogen-bond acceptors (Lipinski definition) is 5. The summed E-state index contributed by atoms with van der Waals surface area (Å²) in [5, 5.41) is 11.3. The molecule has 1 aromatic heterocycles. The molecule has 0 unspecified atom stereocenters. The van der Waals surface area contributed by atoms with Gasteiger partial charge in [0.25, 0.3) is 0 Å². The quantitative estimate of drug-likeness (QED) is 0.497. The van der Waals surface area contributed by atoms with Gasteiger partial charge >= 0.3 is 5.97 Å². The van der Waals surface area contributed by atoms with Crippen LogP contribution in [0.4, 0.5) is 0 Å². The highest BCUT2D eigenvalue weighted by molar-refractivity contribution is 5.80. The molecule has 1 aromatic carbocycles. The van der Waals surface area contributed by atoms with E-state index in [9.17, 15) is 4.79 Å². The number of benzene rings is 1. The summed E-state index contributed by atoms with van der Waals surface area (Å²) in [5.41, 5.74) is 3.48. The number of carbonyl (C=O) groups excluding carboxylic acids is 1. The van der Waals surface area contributed by atoms with E-state index >= 15 is 0 Å². The summed E-state index contributed by atoms with van der Waals surface area (Å²) in [6.07, 6.45) is 2.73. The van der Waals surface area contributed by atoms with Crippen LogP contribution in [0, 0.1) is 0 Å². The lowest BCUT2D eigenvalue weighted by molar-refractivity contribution is -0.141. The van der Waals surface area contributed by atoms with E-state index in [2.05, 4.69) is 54.5 Å². The predicted octanol–water partition coefficient (Wildman–Crippen LogP) is 0.585. The van der Waals surface area contributed by atoms with E-state index in [1.54, 1.807) is 13.2 Å². The lowest BCUT2D eigenvalue weighted by Gasteiger charge is -2.31.